The number of nitrogens with zero attached hydrogens (tertiary/aromatic N) is 1. The maximum absolute atomic E-state index is 14.5. The Bertz CT molecular complexity index is 858. The summed E-state index contributed by atoms with van der Waals surface area (Å²) in [5.74, 6) is 0.164. The summed E-state index contributed by atoms with van der Waals surface area (Å²) in [6.45, 7) is 1.04. The first-order valence-corrected chi connectivity index (χ1v) is 13.3. The fourth-order valence-electron chi connectivity index (χ4n) is 6.14. The first kappa shape index (κ1) is 28.1. The molecule has 202 valence electrons. The number of ether oxygens (including phenoxy) is 4. The summed E-state index contributed by atoms with van der Waals surface area (Å²) < 4.78 is 21.9. The van der Waals surface area contributed by atoms with Gasteiger partial charge in [0.05, 0.1) is 27.2 Å². The van der Waals surface area contributed by atoms with Crippen molar-refractivity contribution >= 4 is 11.9 Å². The number of piperidine rings is 1. The zero-order chi connectivity index (χ0) is 26.1. The monoisotopic (exact) mass is 505 g/mol. The lowest BCUT2D eigenvalue weighted by molar-refractivity contribution is -0.164. The van der Waals surface area contributed by atoms with E-state index in [4.69, 9.17) is 18.9 Å². The summed E-state index contributed by atoms with van der Waals surface area (Å²) in [5.41, 5.74) is -0.387. The molecule has 8 nitrogen and oxygen atoms in total. The third-order valence-electron chi connectivity index (χ3n) is 8.03. The summed E-state index contributed by atoms with van der Waals surface area (Å²) in [7, 11) is 6.34. The molecule has 3 rings (SSSR count). The van der Waals surface area contributed by atoms with Crippen LogP contribution in [0.4, 0.5) is 0 Å². The molecule has 2 fully saturated rings. The van der Waals surface area contributed by atoms with E-state index in [2.05, 4.69) is 0 Å². The number of carboxylic acid groups (broad SMARTS) is 1. The van der Waals surface area contributed by atoms with E-state index in [1.165, 1.54) is 0 Å². The molecule has 1 saturated carbocycles. The first-order valence-electron chi connectivity index (χ1n) is 13.3. The van der Waals surface area contributed by atoms with Gasteiger partial charge in [-0.25, -0.2) is 4.79 Å². The summed E-state index contributed by atoms with van der Waals surface area (Å²) in [6.07, 6.45) is 9.18. The molecule has 2 aliphatic rings. The van der Waals surface area contributed by atoms with Gasteiger partial charge in [0.25, 0.3) is 0 Å². The second kappa shape index (κ2) is 13.2. The lowest BCUT2D eigenvalue weighted by Gasteiger charge is -2.47. The lowest BCUT2D eigenvalue weighted by atomic mass is 9.74. The highest BCUT2D eigenvalue weighted by molar-refractivity contribution is 5.91. The van der Waals surface area contributed by atoms with E-state index in [-0.39, 0.29) is 11.8 Å². The van der Waals surface area contributed by atoms with Crippen LogP contribution in [0.1, 0.15) is 82.1 Å². The van der Waals surface area contributed by atoms with Gasteiger partial charge >= 0.3 is 5.97 Å². The van der Waals surface area contributed by atoms with E-state index in [0.29, 0.717) is 49.7 Å². The number of carbonyl (C=O) groups is 2. The van der Waals surface area contributed by atoms with E-state index in [1.807, 2.05) is 12.1 Å². The fourth-order valence-corrected chi connectivity index (χ4v) is 6.14. The lowest BCUT2D eigenvalue weighted by Crippen LogP contribution is -2.60. The maximum atomic E-state index is 14.5. The van der Waals surface area contributed by atoms with Crippen molar-refractivity contribution in [1.82, 2.24) is 4.90 Å². The molecule has 1 aromatic carbocycles. The minimum atomic E-state index is -1.18. The van der Waals surface area contributed by atoms with Crippen LogP contribution >= 0.6 is 0 Å². The Morgan fingerprint density at radius 3 is 2.19 bits per heavy atom. The molecule has 1 aliphatic carbocycles. The van der Waals surface area contributed by atoms with E-state index >= 15 is 0 Å². The molecule has 1 aromatic rings. The predicted octanol–water partition coefficient (Wildman–Crippen LogP) is 5.03. The Balaban J connectivity index is 2.05. The molecule has 2 atom stereocenters. The van der Waals surface area contributed by atoms with Crippen molar-refractivity contribution in [2.24, 2.45) is 5.92 Å². The van der Waals surface area contributed by atoms with Crippen molar-refractivity contribution in [3.8, 4) is 17.2 Å². The summed E-state index contributed by atoms with van der Waals surface area (Å²) in [4.78, 5) is 29.0. The van der Waals surface area contributed by atoms with Crippen LogP contribution in [-0.2, 0) is 14.3 Å². The van der Waals surface area contributed by atoms with Crippen molar-refractivity contribution in [3.05, 3.63) is 17.7 Å². The molecule has 1 N–H and O–H groups in total. The molecule has 1 saturated heterocycles. The number of hydrogen-bond acceptors (Lipinski definition) is 6. The average molecular weight is 506 g/mol. The van der Waals surface area contributed by atoms with Crippen LogP contribution in [0.2, 0.25) is 0 Å². The topological polar surface area (TPSA) is 94.5 Å². The van der Waals surface area contributed by atoms with Gasteiger partial charge in [0.15, 0.2) is 11.5 Å². The largest absolute Gasteiger partial charge is 0.493 e. The van der Waals surface area contributed by atoms with Gasteiger partial charge in [-0.15, -0.1) is 0 Å². The molecule has 1 amide bonds. The number of likely N-dealkylation sites (tertiary alicyclic amines) is 1. The Hall–Kier alpha value is -2.48. The molecule has 0 spiro atoms. The molecule has 8 heteroatoms. The predicted molar refractivity (Wildman–Crippen MR) is 137 cm³/mol. The number of unbranched alkanes of at least 4 members (excludes halogenated alkanes) is 1. The molecule has 0 radical (unpaired) electrons. The smallest absolute Gasteiger partial charge is 0.329 e. The van der Waals surface area contributed by atoms with Gasteiger partial charge in [0.2, 0.25) is 11.7 Å². The van der Waals surface area contributed by atoms with E-state index in [1.54, 1.807) is 33.3 Å². The molecule has 2 unspecified atom stereocenters. The highest BCUT2D eigenvalue weighted by atomic mass is 16.5. The van der Waals surface area contributed by atoms with Crippen LogP contribution in [-0.4, -0.2) is 69.0 Å². The third-order valence-corrected chi connectivity index (χ3v) is 8.03. The van der Waals surface area contributed by atoms with Crippen LogP contribution < -0.4 is 14.2 Å². The maximum Gasteiger partial charge on any atom is 0.329 e. The van der Waals surface area contributed by atoms with Crippen molar-refractivity contribution in [2.75, 3.05) is 41.6 Å². The van der Waals surface area contributed by atoms with Gasteiger partial charge < -0.3 is 29.0 Å². The molecule has 36 heavy (non-hydrogen) atoms. The van der Waals surface area contributed by atoms with Crippen molar-refractivity contribution in [3.63, 3.8) is 0 Å². The summed E-state index contributed by atoms with van der Waals surface area (Å²) in [6, 6.07) is 3.73. The molecule has 0 aromatic heterocycles. The van der Waals surface area contributed by atoms with Gasteiger partial charge in [0.1, 0.15) is 5.54 Å². The van der Waals surface area contributed by atoms with E-state index in [9.17, 15) is 14.7 Å². The van der Waals surface area contributed by atoms with Gasteiger partial charge in [-0.2, -0.15) is 0 Å². The minimum absolute atomic E-state index is 0.0926. The van der Waals surface area contributed by atoms with Gasteiger partial charge in [-0.1, -0.05) is 19.3 Å². The number of carbonyl (C=O) groups excluding carboxylic acids is 1. The molecule has 1 heterocycles. The van der Waals surface area contributed by atoms with Gasteiger partial charge in [0, 0.05) is 20.3 Å². The fraction of sp³-hybridized carbons (Fsp3) is 0.714. The SMILES string of the molecule is COCCCCC1(C(=O)O)CCCCN1C(=O)C(c1cc(OC)c(OC)c(OC)c1)C1CCCCC1. The molecular weight excluding hydrogens is 462 g/mol. The van der Waals surface area contributed by atoms with Crippen LogP contribution in [0, 0.1) is 5.92 Å². The van der Waals surface area contributed by atoms with Crippen molar-refractivity contribution in [1.29, 1.82) is 0 Å². The second-order valence-electron chi connectivity index (χ2n) is 10.1. The second-order valence-corrected chi connectivity index (χ2v) is 10.1. The number of amides is 1. The van der Waals surface area contributed by atoms with Crippen molar-refractivity contribution < 1.29 is 33.6 Å². The van der Waals surface area contributed by atoms with Crippen LogP contribution in [0.3, 0.4) is 0 Å². The Morgan fingerprint density at radius 1 is 0.972 bits per heavy atom. The molecule has 1 aliphatic heterocycles. The van der Waals surface area contributed by atoms with E-state index < -0.39 is 17.4 Å². The molecular formula is C28H43NO7. The minimum Gasteiger partial charge on any atom is -0.493 e. The normalized spacial score (nSPS) is 21.6. The zero-order valence-electron chi connectivity index (χ0n) is 22.3. The highest BCUT2D eigenvalue weighted by Crippen LogP contribution is 2.46. The number of hydrogen-bond donors (Lipinski definition) is 1. The Morgan fingerprint density at radius 2 is 1.64 bits per heavy atom. The van der Waals surface area contributed by atoms with Crippen LogP contribution in [0.25, 0.3) is 0 Å². The van der Waals surface area contributed by atoms with Gasteiger partial charge in [-0.05, 0) is 75.0 Å². The number of benzene rings is 1. The first-order chi connectivity index (χ1) is 17.4. The third kappa shape index (κ3) is 5.90. The van der Waals surface area contributed by atoms with Crippen LogP contribution in [0.5, 0.6) is 17.2 Å². The number of aliphatic carboxylic acids is 1. The van der Waals surface area contributed by atoms with Gasteiger partial charge in [-0.3, -0.25) is 4.79 Å². The number of rotatable bonds is 12. The van der Waals surface area contributed by atoms with Crippen molar-refractivity contribution in [2.45, 2.75) is 82.1 Å². The Labute approximate surface area is 215 Å². The number of carboxylic acids is 1. The summed E-state index contributed by atoms with van der Waals surface area (Å²) in [5, 5.41) is 10.5. The standard InChI is InChI=1S/C28H43NO7/c1-33-17-11-9-15-28(27(31)32)14-8-10-16-29(28)26(30)24(20-12-6-5-7-13-20)21-18-22(34-2)25(36-4)23(19-21)35-3/h18-20,24H,5-17H2,1-4H3,(H,31,32). The number of methoxy groups -OCH3 is 4. The van der Waals surface area contributed by atoms with Crippen LogP contribution in [0.15, 0.2) is 12.1 Å². The van der Waals surface area contributed by atoms with E-state index in [0.717, 1.165) is 56.9 Å². The summed E-state index contributed by atoms with van der Waals surface area (Å²) >= 11 is 0. The molecule has 0 bridgehead atoms. The highest BCUT2D eigenvalue weighted by Gasteiger charge is 2.50. The Kier molecular flexibility index (Phi) is 10.3. The quantitative estimate of drug-likeness (QED) is 0.398. The zero-order valence-corrected chi connectivity index (χ0v) is 22.3. The average Bonchev–Trinajstić information content (AvgIpc) is 2.91.